The number of benzene rings is 2. The molecule has 0 aliphatic rings. The van der Waals surface area contributed by atoms with Crippen LogP contribution in [0.3, 0.4) is 0 Å². The topological polar surface area (TPSA) is 132 Å². The third kappa shape index (κ3) is 6.13. The number of hydrogen-bond donors (Lipinski definition) is 3. The number of rotatable bonds is 9. The van der Waals surface area contributed by atoms with Crippen molar-refractivity contribution in [3.05, 3.63) is 77.7 Å². The highest BCUT2D eigenvalue weighted by Crippen LogP contribution is 2.27. The van der Waals surface area contributed by atoms with Gasteiger partial charge in [0, 0.05) is 17.2 Å². The Morgan fingerprint density at radius 2 is 1.91 bits per heavy atom. The lowest BCUT2D eigenvalue weighted by Gasteiger charge is -2.16. The first-order chi connectivity index (χ1) is 16.6. The van der Waals surface area contributed by atoms with Crippen LogP contribution in [0.2, 0.25) is 0 Å². The Morgan fingerprint density at radius 1 is 1.17 bits per heavy atom. The minimum Gasteiger partial charge on any atom is -0.492 e. The summed E-state index contributed by atoms with van der Waals surface area (Å²) in [4.78, 5) is 4.35. The molecule has 184 valence electrons. The number of nitrogens with one attached hydrogen (secondary N) is 1. The van der Waals surface area contributed by atoms with E-state index in [1.807, 2.05) is 26.0 Å². The van der Waals surface area contributed by atoms with Crippen molar-refractivity contribution in [1.82, 2.24) is 14.6 Å². The van der Waals surface area contributed by atoms with E-state index in [0.717, 1.165) is 5.56 Å². The van der Waals surface area contributed by atoms with Gasteiger partial charge in [-0.15, -0.1) is 5.10 Å². The lowest BCUT2D eigenvalue weighted by molar-refractivity contribution is 0.296. The van der Waals surface area contributed by atoms with Crippen LogP contribution in [0.15, 0.2) is 60.8 Å². The summed E-state index contributed by atoms with van der Waals surface area (Å²) in [7, 11) is -4.33. The molecular formula is C24H26FN5O4S. The molecule has 2 aromatic carbocycles. The summed E-state index contributed by atoms with van der Waals surface area (Å²) in [6, 6.07) is 14.5. The molecule has 0 amide bonds. The summed E-state index contributed by atoms with van der Waals surface area (Å²) < 4.78 is 53.6. The molecule has 0 radical (unpaired) electrons. The van der Waals surface area contributed by atoms with E-state index in [2.05, 4.69) is 15.4 Å². The quantitative estimate of drug-likeness (QED) is 0.296. The van der Waals surface area contributed by atoms with Gasteiger partial charge in [-0.1, -0.05) is 12.1 Å². The fraction of sp³-hybridized carbons (Fsp3) is 0.250. The van der Waals surface area contributed by atoms with Crippen molar-refractivity contribution in [3.63, 3.8) is 0 Å². The van der Waals surface area contributed by atoms with Crippen LogP contribution in [0, 0.1) is 5.82 Å². The molecule has 0 unspecified atom stereocenters. The summed E-state index contributed by atoms with van der Waals surface area (Å²) in [5.41, 5.74) is 8.35. The average Bonchev–Trinajstić information content (AvgIpc) is 3.21. The minimum atomic E-state index is -4.33. The summed E-state index contributed by atoms with van der Waals surface area (Å²) in [5, 5.41) is 7.77. The van der Waals surface area contributed by atoms with Gasteiger partial charge in [0.15, 0.2) is 5.65 Å². The number of nitrogens with two attached hydrogens (primary N) is 1. The Morgan fingerprint density at radius 3 is 2.57 bits per heavy atom. The minimum absolute atomic E-state index is 0.0976. The first-order valence-corrected chi connectivity index (χ1v) is 12.5. The number of nitrogens with zero attached hydrogens (tertiary/aromatic N) is 3. The van der Waals surface area contributed by atoms with Crippen molar-refractivity contribution in [2.45, 2.75) is 31.7 Å². The summed E-state index contributed by atoms with van der Waals surface area (Å²) in [6.07, 6.45) is 1.58. The molecule has 0 saturated carbocycles. The predicted molar refractivity (Wildman–Crippen MR) is 131 cm³/mol. The van der Waals surface area contributed by atoms with Gasteiger partial charge < -0.3 is 15.8 Å². The zero-order chi connectivity index (χ0) is 25.2. The number of fused-ring (bicyclic) bond motifs is 1. The van der Waals surface area contributed by atoms with Gasteiger partial charge in [0.1, 0.15) is 29.7 Å². The summed E-state index contributed by atoms with van der Waals surface area (Å²) in [5.74, 6) is -0.00480. The molecule has 9 nitrogen and oxygen atoms in total. The third-order valence-corrected chi connectivity index (χ3v) is 5.93. The molecule has 0 spiro atoms. The SMILES string of the molecule is C[C@@H](N)COc1ccc(-c2cnc3c(CS(=O)(=O)O)cc(N[C@H](C)c4cccc(F)c4)nn23)cc1. The van der Waals surface area contributed by atoms with Crippen molar-refractivity contribution in [2.24, 2.45) is 5.73 Å². The van der Waals surface area contributed by atoms with Crippen molar-refractivity contribution in [1.29, 1.82) is 0 Å². The maximum atomic E-state index is 13.7. The molecule has 0 aliphatic heterocycles. The van der Waals surface area contributed by atoms with Crippen LogP contribution < -0.4 is 15.8 Å². The lowest BCUT2D eigenvalue weighted by atomic mass is 10.1. The Balaban J connectivity index is 1.72. The van der Waals surface area contributed by atoms with E-state index in [1.54, 1.807) is 30.5 Å². The van der Waals surface area contributed by atoms with E-state index in [9.17, 15) is 17.4 Å². The van der Waals surface area contributed by atoms with Gasteiger partial charge in [-0.2, -0.15) is 8.42 Å². The maximum absolute atomic E-state index is 13.7. The number of aromatic nitrogens is 3. The van der Waals surface area contributed by atoms with Crippen LogP contribution in [0.25, 0.3) is 16.9 Å². The fourth-order valence-electron chi connectivity index (χ4n) is 3.63. The van der Waals surface area contributed by atoms with Crippen LogP contribution in [-0.2, 0) is 15.9 Å². The van der Waals surface area contributed by atoms with Gasteiger partial charge in [-0.3, -0.25) is 4.55 Å². The van der Waals surface area contributed by atoms with Gasteiger partial charge >= 0.3 is 0 Å². The van der Waals surface area contributed by atoms with E-state index in [4.69, 9.17) is 10.5 Å². The van der Waals surface area contributed by atoms with E-state index < -0.39 is 15.9 Å². The van der Waals surface area contributed by atoms with Crippen LogP contribution in [0.4, 0.5) is 10.2 Å². The largest absolute Gasteiger partial charge is 0.492 e. The second-order valence-corrected chi connectivity index (χ2v) is 9.85. The molecule has 0 bridgehead atoms. The molecule has 2 atom stereocenters. The van der Waals surface area contributed by atoms with Crippen LogP contribution in [-0.4, -0.2) is 40.2 Å². The molecule has 2 heterocycles. The van der Waals surface area contributed by atoms with Crippen molar-refractivity contribution >= 4 is 21.6 Å². The Labute approximate surface area is 202 Å². The van der Waals surface area contributed by atoms with Crippen molar-refractivity contribution in [3.8, 4) is 17.0 Å². The van der Waals surface area contributed by atoms with Crippen molar-refractivity contribution in [2.75, 3.05) is 11.9 Å². The van der Waals surface area contributed by atoms with Crippen LogP contribution in [0.1, 0.15) is 31.0 Å². The smallest absolute Gasteiger partial charge is 0.269 e. The van der Waals surface area contributed by atoms with E-state index in [-0.39, 0.29) is 23.5 Å². The maximum Gasteiger partial charge on any atom is 0.269 e. The summed E-state index contributed by atoms with van der Waals surface area (Å²) in [6.45, 7) is 4.07. The van der Waals surface area contributed by atoms with Gasteiger partial charge in [0.05, 0.1) is 17.9 Å². The van der Waals surface area contributed by atoms with Gasteiger partial charge in [0.25, 0.3) is 10.1 Å². The standard InChI is InChI=1S/C24H26FN5O4S/c1-15(26)13-34-21-8-6-17(7-9-21)22-12-27-24-19(14-35(31,32)33)11-23(29-30(22)24)28-16(2)18-4-3-5-20(25)10-18/h3-12,15-16H,13-14,26H2,1-2H3,(H,28,29)(H,31,32,33)/t15-,16-/m1/s1. The van der Waals surface area contributed by atoms with Gasteiger partial charge in [0.2, 0.25) is 0 Å². The van der Waals surface area contributed by atoms with Gasteiger partial charge in [-0.05, 0) is 61.9 Å². The highest BCUT2D eigenvalue weighted by molar-refractivity contribution is 7.85. The van der Waals surface area contributed by atoms with E-state index in [0.29, 0.717) is 35.1 Å². The predicted octanol–water partition coefficient (Wildman–Crippen LogP) is 3.82. The molecule has 2 aromatic heterocycles. The Hall–Kier alpha value is -3.54. The lowest BCUT2D eigenvalue weighted by Crippen LogP contribution is -2.23. The molecule has 4 N–H and O–H groups in total. The van der Waals surface area contributed by atoms with Crippen LogP contribution in [0.5, 0.6) is 5.75 Å². The number of halogens is 1. The molecule has 0 fully saturated rings. The average molecular weight is 500 g/mol. The number of imidazole rings is 1. The molecule has 0 saturated heterocycles. The molecule has 4 aromatic rings. The van der Waals surface area contributed by atoms with E-state index in [1.165, 1.54) is 22.7 Å². The number of hydrogen-bond acceptors (Lipinski definition) is 7. The molecular weight excluding hydrogens is 473 g/mol. The summed E-state index contributed by atoms with van der Waals surface area (Å²) >= 11 is 0. The highest BCUT2D eigenvalue weighted by atomic mass is 32.2. The second-order valence-electron chi connectivity index (χ2n) is 8.39. The first kappa shape index (κ1) is 24.6. The Bertz CT molecular complexity index is 1440. The number of anilines is 1. The Kier molecular flexibility index (Phi) is 7.01. The molecule has 11 heteroatoms. The third-order valence-electron chi connectivity index (χ3n) is 5.26. The second kappa shape index (κ2) is 9.98. The highest BCUT2D eigenvalue weighted by Gasteiger charge is 2.18. The molecule has 0 aliphatic carbocycles. The molecule has 35 heavy (non-hydrogen) atoms. The van der Waals surface area contributed by atoms with Gasteiger partial charge in [-0.25, -0.2) is 13.9 Å². The molecule has 4 rings (SSSR count). The fourth-order valence-corrected chi connectivity index (χ4v) is 4.24. The van der Waals surface area contributed by atoms with Crippen molar-refractivity contribution < 1.29 is 22.1 Å². The first-order valence-electron chi connectivity index (χ1n) is 10.9. The zero-order valence-electron chi connectivity index (χ0n) is 19.2. The normalized spacial score (nSPS) is 13.5. The number of ether oxygens (including phenoxy) is 1. The zero-order valence-corrected chi connectivity index (χ0v) is 20.0. The van der Waals surface area contributed by atoms with E-state index >= 15 is 0 Å². The van der Waals surface area contributed by atoms with Crippen LogP contribution >= 0.6 is 0 Å². The monoisotopic (exact) mass is 499 g/mol.